The molecular weight excluding hydrogens is 379 g/mol. The van der Waals surface area contributed by atoms with Gasteiger partial charge in [-0.15, -0.1) is 0 Å². The maximum absolute atomic E-state index is 14.8. The average Bonchev–Trinajstić information content (AvgIpc) is 2.77. The van der Waals surface area contributed by atoms with Gasteiger partial charge in [0, 0.05) is 12.7 Å². The first-order valence-electron chi connectivity index (χ1n) is 10.4. The van der Waals surface area contributed by atoms with Crippen molar-refractivity contribution in [2.24, 2.45) is 0 Å². The van der Waals surface area contributed by atoms with Gasteiger partial charge in [-0.1, -0.05) is 61.9 Å². The molecule has 0 bridgehead atoms. The second kappa shape index (κ2) is 11.5. The first-order chi connectivity index (χ1) is 14.7. The SMILES string of the molecule is CCCc1ccc(-c2ccc(-c3ccc(OCCOCCOC)cc3)cc2F)cc1. The molecule has 158 valence electrons. The maximum atomic E-state index is 14.8. The highest BCUT2D eigenvalue weighted by Crippen LogP contribution is 2.29. The third-order valence-corrected chi connectivity index (χ3v) is 4.89. The van der Waals surface area contributed by atoms with E-state index in [1.165, 1.54) is 5.56 Å². The topological polar surface area (TPSA) is 27.7 Å². The Kier molecular flexibility index (Phi) is 8.42. The standard InChI is InChI=1S/C26H29FO3/c1-3-4-20-5-7-22(8-6-20)25-14-11-23(19-26(25)27)21-9-12-24(13-10-21)30-18-17-29-16-15-28-2/h5-14,19H,3-4,15-18H2,1-2H3. The van der Waals surface area contributed by atoms with Gasteiger partial charge in [0.1, 0.15) is 18.2 Å². The largest absolute Gasteiger partial charge is 0.491 e. The van der Waals surface area contributed by atoms with Gasteiger partial charge in [0.15, 0.2) is 0 Å². The molecule has 30 heavy (non-hydrogen) atoms. The van der Waals surface area contributed by atoms with Gasteiger partial charge < -0.3 is 14.2 Å². The minimum Gasteiger partial charge on any atom is -0.491 e. The van der Waals surface area contributed by atoms with E-state index in [0.717, 1.165) is 35.3 Å². The van der Waals surface area contributed by atoms with Gasteiger partial charge in [0.05, 0.1) is 19.8 Å². The average molecular weight is 409 g/mol. The van der Waals surface area contributed by atoms with Crippen molar-refractivity contribution in [3.05, 3.63) is 78.1 Å². The first-order valence-corrected chi connectivity index (χ1v) is 10.4. The molecule has 0 heterocycles. The van der Waals surface area contributed by atoms with Gasteiger partial charge in [0.2, 0.25) is 0 Å². The number of hydrogen-bond donors (Lipinski definition) is 0. The van der Waals surface area contributed by atoms with Crippen LogP contribution in [0.25, 0.3) is 22.3 Å². The molecule has 0 aliphatic carbocycles. The number of hydrogen-bond acceptors (Lipinski definition) is 3. The Hall–Kier alpha value is -2.69. The van der Waals surface area contributed by atoms with E-state index < -0.39 is 0 Å². The van der Waals surface area contributed by atoms with E-state index in [2.05, 4.69) is 19.1 Å². The lowest BCUT2D eigenvalue weighted by atomic mass is 9.98. The summed E-state index contributed by atoms with van der Waals surface area (Å²) in [5.41, 5.74) is 4.59. The second-order valence-corrected chi connectivity index (χ2v) is 7.12. The van der Waals surface area contributed by atoms with Gasteiger partial charge in [0.25, 0.3) is 0 Å². The van der Waals surface area contributed by atoms with Gasteiger partial charge in [-0.3, -0.25) is 0 Å². The molecule has 3 rings (SSSR count). The number of ether oxygens (including phenoxy) is 3. The number of rotatable bonds is 11. The molecule has 0 spiro atoms. The van der Waals surface area contributed by atoms with E-state index in [0.29, 0.717) is 32.0 Å². The predicted octanol–water partition coefficient (Wildman–Crippen LogP) is 6.15. The van der Waals surface area contributed by atoms with Crippen molar-refractivity contribution in [2.75, 3.05) is 33.5 Å². The zero-order valence-corrected chi connectivity index (χ0v) is 17.7. The summed E-state index contributed by atoms with van der Waals surface area (Å²) in [7, 11) is 1.64. The molecule has 3 nitrogen and oxygen atoms in total. The number of halogens is 1. The highest BCUT2D eigenvalue weighted by molar-refractivity contribution is 5.71. The molecule has 0 radical (unpaired) electrons. The molecule has 0 aliphatic heterocycles. The lowest BCUT2D eigenvalue weighted by molar-refractivity contribution is 0.0544. The maximum Gasteiger partial charge on any atom is 0.131 e. The molecular formula is C26H29FO3. The van der Waals surface area contributed by atoms with Crippen LogP contribution in [0.3, 0.4) is 0 Å². The summed E-state index contributed by atoms with van der Waals surface area (Å²) < 4.78 is 30.8. The Bertz CT molecular complexity index is 905. The molecule has 0 amide bonds. The van der Waals surface area contributed by atoms with E-state index in [4.69, 9.17) is 14.2 Å². The monoisotopic (exact) mass is 408 g/mol. The molecule has 3 aromatic rings. The fourth-order valence-electron chi connectivity index (χ4n) is 3.27. The lowest BCUT2D eigenvalue weighted by Crippen LogP contribution is -2.09. The molecule has 3 aromatic carbocycles. The van der Waals surface area contributed by atoms with Crippen molar-refractivity contribution in [3.63, 3.8) is 0 Å². The van der Waals surface area contributed by atoms with Crippen LogP contribution < -0.4 is 4.74 Å². The first kappa shape index (κ1) is 22.0. The third-order valence-electron chi connectivity index (χ3n) is 4.89. The smallest absolute Gasteiger partial charge is 0.131 e. The van der Waals surface area contributed by atoms with Gasteiger partial charge >= 0.3 is 0 Å². The Morgan fingerprint density at radius 3 is 2.07 bits per heavy atom. The minimum absolute atomic E-state index is 0.218. The number of benzene rings is 3. The summed E-state index contributed by atoms with van der Waals surface area (Å²) in [6.07, 6.45) is 2.15. The Balaban J connectivity index is 1.61. The van der Waals surface area contributed by atoms with E-state index >= 15 is 0 Å². The fraction of sp³-hybridized carbons (Fsp3) is 0.308. The van der Waals surface area contributed by atoms with Crippen LogP contribution in [0, 0.1) is 5.82 Å². The molecule has 0 aliphatic rings. The van der Waals surface area contributed by atoms with E-state index in [1.807, 2.05) is 48.5 Å². The zero-order chi connectivity index (χ0) is 21.2. The van der Waals surface area contributed by atoms with Crippen LogP contribution in [-0.2, 0) is 15.9 Å². The van der Waals surface area contributed by atoms with Crippen LogP contribution in [0.4, 0.5) is 4.39 Å². The van der Waals surface area contributed by atoms with Crippen LogP contribution in [0.5, 0.6) is 5.75 Å². The Morgan fingerprint density at radius 2 is 1.40 bits per heavy atom. The lowest BCUT2D eigenvalue weighted by Gasteiger charge is -2.10. The molecule has 0 unspecified atom stereocenters. The summed E-state index contributed by atoms with van der Waals surface area (Å²) in [5, 5.41) is 0. The molecule has 0 saturated heterocycles. The molecule has 0 saturated carbocycles. The van der Waals surface area contributed by atoms with Crippen molar-refractivity contribution < 1.29 is 18.6 Å². The summed E-state index contributed by atoms with van der Waals surface area (Å²) in [4.78, 5) is 0. The van der Waals surface area contributed by atoms with Gasteiger partial charge in [-0.25, -0.2) is 4.39 Å². The van der Waals surface area contributed by atoms with Crippen molar-refractivity contribution in [2.45, 2.75) is 19.8 Å². The predicted molar refractivity (Wildman–Crippen MR) is 119 cm³/mol. The van der Waals surface area contributed by atoms with Crippen LogP contribution in [0.2, 0.25) is 0 Å². The van der Waals surface area contributed by atoms with Crippen LogP contribution in [0.1, 0.15) is 18.9 Å². The fourth-order valence-corrected chi connectivity index (χ4v) is 3.27. The molecule has 0 aromatic heterocycles. The molecule has 4 heteroatoms. The third kappa shape index (κ3) is 6.15. The Labute approximate surface area is 178 Å². The molecule has 0 atom stereocenters. The Morgan fingerprint density at radius 1 is 0.733 bits per heavy atom. The zero-order valence-electron chi connectivity index (χ0n) is 17.7. The van der Waals surface area contributed by atoms with Crippen molar-refractivity contribution in [1.29, 1.82) is 0 Å². The summed E-state index contributed by atoms with van der Waals surface area (Å²) in [6, 6.07) is 21.2. The highest BCUT2D eigenvalue weighted by Gasteiger charge is 2.08. The summed E-state index contributed by atoms with van der Waals surface area (Å²) in [6.45, 7) is 4.28. The molecule has 0 fully saturated rings. The van der Waals surface area contributed by atoms with Crippen LogP contribution in [-0.4, -0.2) is 33.5 Å². The van der Waals surface area contributed by atoms with E-state index in [1.54, 1.807) is 13.2 Å². The van der Waals surface area contributed by atoms with Crippen LogP contribution in [0.15, 0.2) is 66.7 Å². The van der Waals surface area contributed by atoms with Crippen molar-refractivity contribution in [3.8, 4) is 28.0 Å². The quantitative estimate of drug-likeness (QED) is 0.356. The van der Waals surface area contributed by atoms with Crippen molar-refractivity contribution >= 4 is 0 Å². The summed E-state index contributed by atoms with van der Waals surface area (Å²) >= 11 is 0. The second-order valence-electron chi connectivity index (χ2n) is 7.12. The van der Waals surface area contributed by atoms with Crippen LogP contribution >= 0.6 is 0 Å². The van der Waals surface area contributed by atoms with E-state index in [-0.39, 0.29) is 5.82 Å². The highest BCUT2D eigenvalue weighted by atomic mass is 19.1. The number of methoxy groups -OCH3 is 1. The van der Waals surface area contributed by atoms with Gasteiger partial charge in [-0.05, 0) is 46.9 Å². The molecule has 0 N–H and O–H groups in total. The van der Waals surface area contributed by atoms with Gasteiger partial charge in [-0.2, -0.15) is 0 Å². The normalized spacial score (nSPS) is 10.9. The summed E-state index contributed by atoms with van der Waals surface area (Å²) in [5.74, 6) is 0.544. The van der Waals surface area contributed by atoms with E-state index in [9.17, 15) is 4.39 Å². The minimum atomic E-state index is -0.218. The number of aryl methyl sites for hydroxylation is 1. The van der Waals surface area contributed by atoms with Crippen molar-refractivity contribution in [1.82, 2.24) is 0 Å².